The number of aromatic nitrogens is 3. The highest BCUT2D eigenvalue weighted by atomic mass is 16.1. The third-order valence-electron chi connectivity index (χ3n) is 1.60. The van der Waals surface area contributed by atoms with E-state index in [-0.39, 0.29) is 5.69 Å². The van der Waals surface area contributed by atoms with Crippen LogP contribution < -0.4 is 5.69 Å². The van der Waals surface area contributed by atoms with Crippen LogP contribution in [0.5, 0.6) is 0 Å². The highest BCUT2D eigenvalue weighted by Gasteiger charge is 1.96. The van der Waals surface area contributed by atoms with E-state index in [4.69, 9.17) is 0 Å². The molecule has 15 heavy (non-hydrogen) atoms. The molecule has 0 saturated carbocycles. The average molecular weight is 209 g/mol. The largest absolute Gasteiger partial charge is 0.349 e. The number of nitrogens with zero attached hydrogens (tertiary/aromatic N) is 2. The summed E-state index contributed by atoms with van der Waals surface area (Å²) in [6.45, 7) is 8.00. The molecular weight excluding hydrogens is 190 g/mol. The Morgan fingerprint density at radius 2 is 1.87 bits per heavy atom. The van der Waals surface area contributed by atoms with Crippen molar-refractivity contribution in [2.24, 2.45) is 7.05 Å². The third kappa shape index (κ3) is 3.23. The molecule has 2 aromatic rings. The van der Waals surface area contributed by atoms with Crippen LogP contribution >= 0.6 is 0 Å². The van der Waals surface area contributed by atoms with Crippen LogP contribution in [0, 0.1) is 0 Å². The number of hydrogen-bond donors (Lipinski definition) is 1. The number of fused-ring (bicyclic) bond motifs is 1. The van der Waals surface area contributed by atoms with Gasteiger partial charge in [0.2, 0.25) is 0 Å². The Labute approximate surface area is 90.0 Å². The maximum atomic E-state index is 11.0. The molecule has 0 saturated heterocycles. The molecule has 2 aromatic heterocycles. The van der Waals surface area contributed by atoms with Gasteiger partial charge in [-0.05, 0) is 6.07 Å². The van der Waals surface area contributed by atoms with Gasteiger partial charge in [-0.25, -0.2) is 4.79 Å². The lowest BCUT2D eigenvalue weighted by Gasteiger charge is -1.93. The molecule has 4 heteroatoms. The summed E-state index contributed by atoms with van der Waals surface area (Å²) in [4.78, 5) is 17.6. The predicted octanol–water partition coefficient (Wildman–Crippen LogP) is 2.31. The van der Waals surface area contributed by atoms with Crippen LogP contribution in [0.3, 0.4) is 0 Å². The van der Waals surface area contributed by atoms with Gasteiger partial charge in [0.25, 0.3) is 0 Å². The SMILES string of the molecule is CC.CC.Cn1cc2cc[nH]c2nc1=O. The second-order valence-electron chi connectivity index (χ2n) is 2.42. The van der Waals surface area contributed by atoms with Crippen molar-refractivity contribution < 1.29 is 0 Å². The van der Waals surface area contributed by atoms with Crippen LogP contribution in [-0.2, 0) is 7.05 Å². The van der Waals surface area contributed by atoms with Crippen LogP contribution in [0.2, 0.25) is 0 Å². The zero-order valence-electron chi connectivity index (χ0n) is 10.0. The van der Waals surface area contributed by atoms with Crippen LogP contribution in [0.15, 0.2) is 23.3 Å². The molecule has 0 aliphatic rings. The Balaban J connectivity index is 0.000000442. The van der Waals surface area contributed by atoms with Gasteiger partial charge in [0, 0.05) is 24.8 Å². The summed E-state index contributed by atoms with van der Waals surface area (Å²) in [5, 5.41) is 0.951. The van der Waals surface area contributed by atoms with Crippen molar-refractivity contribution >= 4 is 11.0 Å². The van der Waals surface area contributed by atoms with Crippen molar-refractivity contribution in [2.75, 3.05) is 0 Å². The first-order valence-corrected chi connectivity index (χ1v) is 5.28. The lowest BCUT2D eigenvalue weighted by molar-refractivity contribution is 0.825. The molecule has 0 bridgehead atoms. The fraction of sp³-hybridized carbons (Fsp3) is 0.455. The van der Waals surface area contributed by atoms with E-state index in [9.17, 15) is 4.79 Å². The molecule has 0 unspecified atom stereocenters. The summed E-state index contributed by atoms with van der Waals surface area (Å²) in [5.41, 5.74) is 0.410. The Morgan fingerprint density at radius 3 is 2.47 bits per heavy atom. The van der Waals surface area contributed by atoms with E-state index >= 15 is 0 Å². The second kappa shape index (κ2) is 6.81. The van der Waals surface area contributed by atoms with Gasteiger partial charge in [0.15, 0.2) is 0 Å². The van der Waals surface area contributed by atoms with Gasteiger partial charge in [0.05, 0.1) is 0 Å². The molecule has 4 nitrogen and oxygen atoms in total. The van der Waals surface area contributed by atoms with Gasteiger partial charge in [-0.3, -0.25) is 0 Å². The molecule has 0 amide bonds. The number of aryl methyl sites for hydroxylation is 1. The quantitative estimate of drug-likeness (QED) is 0.724. The van der Waals surface area contributed by atoms with E-state index in [1.807, 2.05) is 33.8 Å². The van der Waals surface area contributed by atoms with Gasteiger partial charge in [-0.15, -0.1) is 0 Å². The number of H-pyrrole nitrogens is 1. The van der Waals surface area contributed by atoms with E-state index < -0.39 is 0 Å². The Kier molecular flexibility index (Phi) is 6.09. The molecule has 0 aliphatic heterocycles. The van der Waals surface area contributed by atoms with Crippen molar-refractivity contribution in [2.45, 2.75) is 27.7 Å². The van der Waals surface area contributed by atoms with Crippen molar-refractivity contribution in [3.8, 4) is 0 Å². The van der Waals surface area contributed by atoms with E-state index in [2.05, 4.69) is 9.97 Å². The maximum absolute atomic E-state index is 11.0. The smallest absolute Gasteiger partial charge is 0.346 e. The van der Waals surface area contributed by atoms with Crippen LogP contribution in [0.1, 0.15) is 27.7 Å². The normalized spacial score (nSPS) is 8.60. The molecule has 0 aromatic carbocycles. The minimum atomic E-state index is -0.236. The molecule has 2 heterocycles. The average Bonchev–Trinajstić information content (AvgIpc) is 2.72. The minimum absolute atomic E-state index is 0.236. The zero-order valence-corrected chi connectivity index (χ0v) is 10.0. The molecule has 2 rings (SSSR count). The first-order chi connectivity index (χ1) is 7.27. The Hall–Kier alpha value is -1.58. The fourth-order valence-corrected chi connectivity index (χ4v) is 1.01. The predicted molar refractivity (Wildman–Crippen MR) is 64.0 cm³/mol. The van der Waals surface area contributed by atoms with E-state index in [0.29, 0.717) is 5.65 Å². The second-order valence-corrected chi connectivity index (χ2v) is 2.42. The molecule has 0 spiro atoms. The van der Waals surface area contributed by atoms with E-state index in [1.54, 1.807) is 19.4 Å². The Morgan fingerprint density at radius 1 is 1.27 bits per heavy atom. The third-order valence-corrected chi connectivity index (χ3v) is 1.60. The molecule has 0 atom stereocenters. The molecule has 1 N–H and O–H groups in total. The van der Waals surface area contributed by atoms with Crippen molar-refractivity contribution in [3.05, 3.63) is 28.9 Å². The summed E-state index contributed by atoms with van der Waals surface area (Å²) in [6.07, 6.45) is 3.51. The fourth-order valence-electron chi connectivity index (χ4n) is 1.01. The standard InChI is InChI=1S/C7H7N3O.2C2H6/c1-10-4-5-2-3-8-6(5)9-7(10)11;2*1-2/h2-4H,1H3,(H,8,9,11);2*1-2H3. The topological polar surface area (TPSA) is 50.7 Å². The van der Waals surface area contributed by atoms with E-state index in [1.165, 1.54) is 4.57 Å². The zero-order chi connectivity index (χ0) is 11.8. The lowest BCUT2D eigenvalue weighted by Crippen LogP contribution is -2.18. The van der Waals surface area contributed by atoms with Crippen LogP contribution in [-0.4, -0.2) is 14.5 Å². The van der Waals surface area contributed by atoms with Gasteiger partial charge in [0.1, 0.15) is 5.65 Å². The van der Waals surface area contributed by atoms with Crippen molar-refractivity contribution in [3.63, 3.8) is 0 Å². The van der Waals surface area contributed by atoms with Crippen molar-refractivity contribution in [1.29, 1.82) is 0 Å². The van der Waals surface area contributed by atoms with Crippen molar-refractivity contribution in [1.82, 2.24) is 14.5 Å². The summed E-state index contributed by atoms with van der Waals surface area (Å²) in [5.74, 6) is 0. The molecule has 84 valence electrons. The first kappa shape index (κ1) is 13.4. The summed E-state index contributed by atoms with van der Waals surface area (Å²) < 4.78 is 1.45. The Bertz CT molecular complexity index is 442. The summed E-state index contributed by atoms with van der Waals surface area (Å²) in [6, 6.07) is 1.88. The summed E-state index contributed by atoms with van der Waals surface area (Å²) >= 11 is 0. The molecular formula is C11H19N3O. The molecule has 0 aliphatic carbocycles. The monoisotopic (exact) mass is 209 g/mol. The molecule has 0 radical (unpaired) electrons. The number of rotatable bonds is 0. The van der Waals surface area contributed by atoms with Gasteiger partial charge in [-0.1, -0.05) is 27.7 Å². The van der Waals surface area contributed by atoms with Gasteiger partial charge >= 0.3 is 5.69 Å². The van der Waals surface area contributed by atoms with E-state index in [0.717, 1.165) is 5.39 Å². The van der Waals surface area contributed by atoms with Crippen LogP contribution in [0.4, 0.5) is 0 Å². The highest BCUT2D eigenvalue weighted by molar-refractivity contribution is 5.73. The van der Waals surface area contributed by atoms with Crippen LogP contribution in [0.25, 0.3) is 11.0 Å². The number of nitrogens with one attached hydrogen (secondary N) is 1. The minimum Gasteiger partial charge on any atom is -0.346 e. The lowest BCUT2D eigenvalue weighted by atomic mass is 10.4. The first-order valence-electron chi connectivity index (χ1n) is 5.28. The summed E-state index contributed by atoms with van der Waals surface area (Å²) in [7, 11) is 1.68. The van der Waals surface area contributed by atoms with Gasteiger partial charge < -0.3 is 9.55 Å². The number of aromatic amines is 1. The number of hydrogen-bond acceptors (Lipinski definition) is 2. The highest BCUT2D eigenvalue weighted by Crippen LogP contribution is 2.03. The van der Waals surface area contributed by atoms with Gasteiger partial charge in [-0.2, -0.15) is 4.98 Å². The molecule has 0 fully saturated rings. The maximum Gasteiger partial charge on any atom is 0.349 e.